The van der Waals surface area contributed by atoms with Gasteiger partial charge >= 0.3 is 5.97 Å². The largest absolute Gasteiger partial charge is 0.457 e. The fraction of sp³-hybridized carbons (Fsp3) is 0.364. The molecule has 0 spiro atoms. The summed E-state index contributed by atoms with van der Waals surface area (Å²) in [6.45, 7) is 1.89. The van der Waals surface area contributed by atoms with Crippen LogP contribution in [0.5, 0.6) is 0 Å². The van der Waals surface area contributed by atoms with E-state index in [1.54, 1.807) is 0 Å². The third-order valence-electron chi connectivity index (χ3n) is 2.47. The highest BCUT2D eigenvalue weighted by atomic mass is 35.5. The van der Waals surface area contributed by atoms with Crippen molar-refractivity contribution in [1.82, 2.24) is 0 Å². The fourth-order valence-electron chi connectivity index (χ4n) is 1.60. The van der Waals surface area contributed by atoms with Gasteiger partial charge in [-0.2, -0.15) is 0 Å². The van der Waals surface area contributed by atoms with Crippen molar-refractivity contribution >= 4 is 17.6 Å². The van der Waals surface area contributed by atoms with E-state index in [1.807, 2.05) is 31.2 Å². The topological polar surface area (TPSA) is 26.3 Å². The van der Waals surface area contributed by atoms with Gasteiger partial charge in [0.15, 0.2) is 0 Å². The van der Waals surface area contributed by atoms with Crippen molar-refractivity contribution in [3.8, 4) is 0 Å². The van der Waals surface area contributed by atoms with Crippen molar-refractivity contribution < 1.29 is 9.53 Å². The second kappa shape index (κ2) is 3.62. The first kappa shape index (κ1) is 9.53. The molecule has 0 unspecified atom stereocenters. The molecule has 14 heavy (non-hydrogen) atoms. The molecule has 0 saturated carbocycles. The first-order valence-electron chi connectivity index (χ1n) is 4.63. The van der Waals surface area contributed by atoms with Crippen molar-refractivity contribution in [3.63, 3.8) is 0 Å². The van der Waals surface area contributed by atoms with Crippen molar-refractivity contribution in [2.75, 3.05) is 0 Å². The Morgan fingerprint density at radius 1 is 1.36 bits per heavy atom. The van der Waals surface area contributed by atoms with E-state index < -0.39 is 0 Å². The second-order valence-electron chi connectivity index (χ2n) is 3.61. The van der Waals surface area contributed by atoms with Gasteiger partial charge in [0.05, 0.1) is 5.92 Å². The van der Waals surface area contributed by atoms with Gasteiger partial charge in [-0.05, 0) is 17.7 Å². The summed E-state index contributed by atoms with van der Waals surface area (Å²) in [5.74, 6) is -0.0966. The molecule has 1 aliphatic rings. The molecule has 2 rings (SSSR count). The Kier molecular flexibility index (Phi) is 2.46. The molecule has 1 fully saturated rings. The molecule has 1 heterocycles. The molecule has 1 aliphatic heterocycles. The molecule has 2 nitrogen and oxygen atoms in total. The van der Waals surface area contributed by atoms with Crippen molar-refractivity contribution in [2.24, 2.45) is 5.92 Å². The number of rotatable bonds is 1. The number of esters is 1. The number of hydrogen-bond acceptors (Lipinski definition) is 2. The maximum Gasteiger partial charge on any atom is 0.309 e. The van der Waals surface area contributed by atoms with Crippen molar-refractivity contribution in [1.29, 1.82) is 0 Å². The van der Waals surface area contributed by atoms with E-state index in [0.717, 1.165) is 12.0 Å². The second-order valence-corrected chi connectivity index (χ2v) is 4.05. The number of ether oxygens (including phenoxy) is 1. The van der Waals surface area contributed by atoms with Gasteiger partial charge in [-0.3, -0.25) is 4.79 Å². The number of carbonyl (C=O) groups is 1. The zero-order chi connectivity index (χ0) is 10.1. The van der Waals surface area contributed by atoms with Crippen LogP contribution in [0.1, 0.15) is 25.0 Å². The van der Waals surface area contributed by atoms with Crippen LogP contribution in [0.4, 0.5) is 0 Å². The summed E-state index contributed by atoms with van der Waals surface area (Å²) >= 11 is 5.77. The third kappa shape index (κ3) is 1.75. The molecule has 0 bridgehead atoms. The SMILES string of the molecule is C[C@@H]1C[C@H](c2ccc(Cl)cc2)OC1=O. The van der Waals surface area contributed by atoms with Crippen LogP contribution in [-0.2, 0) is 9.53 Å². The molecular formula is C11H11ClO2. The Labute approximate surface area is 87.8 Å². The van der Waals surface area contributed by atoms with Crippen molar-refractivity contribution in [2.45, 2.75) is 19.4 Å². The Hall–Kier alpha value is -1.02. The van der Waals surface area contributed by atoms with Gasteiger partial charge in [0.25, 0.3) is 0 Å². The smallest absolute Gasteiger partial charge is 0.309 e. The molecule has 1 aromatic rings. The van der Waals surface area contributed by atoms with Crippen LogP contribution in [0.2, 0.25) is 5.02 Å². The summed E-state index contributed by atoms with van der Waals surface area (Å²) in [6.07, 6.45) is 0.676. The molecule has 1 saturated heterocycles. The maximum absolute atomic E-state index is 11.2. The molecule has 74 valence electrons. The lowest BCUT2D eigenvalue weighted by molar-refractivity contribution is -0.144. The number of benzene rings is 1. The lowest BCUT2D eigenvalue weighted by Gasteiger charge is -2.08. The van der Waals surface area contributed by atoms with E-state index in [0.29, 0.717) is 5.02 Å². The Bertz CT molecular complexity index is 345. The number of halogens is 1. The summed E-state index contributed by atoms with van der Waals surface area (Å²) in [6, 6.07) is 7.43. The minimum absolute atomic E-state index is 0.00989. The third-order valence-corrected chi connectivity index (χ3v) is 2.72. The molecule has 3 heteroatoms. The first-order valence-corrected chi connectivity index (χ1v) is 5.00. The summed E-state index contributed by atoms with van der Waals surface area (Å²) < 4.78 is 5.22. The minimum atomic E-state index is -0.107. The quantitative estimate of drug-likeness (QED) is 0.667. The van der Waals surface area contributed by atoms with Gasteiger partial charge in [-0.15, -0.1) is 0 Å². The standard InChI is InChI=1S/C11H11ClO2/c1-7-6-10(14-11(7)13)8-2-4-9(12)5-3-8/h2-5,7,10H,6H2,1H3/t7-,10-/m1/s1. The van der Waals surface area contributed by atoms with Gasteiger partial charge in [-0.1, -0.05) is 30.7 Å². The van der Waals surface area contributed by atoms with Gasteiger partial charge in [0.1, 0.15) is 6.10 Å². The molecule has 2 atom stereocenters. The lowest BCUT2D eigenvalue weighted by Crippen LogP contribution is -2.01. The monoisotopic (exact) mass is 210 g/mol. The average Bonchev–Trinajstić information content (AvgIpc) is 2.48. The first-order chi connectivity index (χ1) is 6.66. The highest BCUT2D eigenvalue weighted by Crippen LogP contribution is 2.33. The Morgan fingerprint density at radius 3 is 2.50 bits per heavy atom. The molecule has 1 aromatic carbocycles. The summed E-state index contributed by atoms with van der Waals surface area (Å²) in [5.41, 5.74) is 1.02. The van der Waals surface area contributed by atoms with E-state index in [9.17, 15) is 4.79 Å². The fourth-order valence-corrected chi connectivity index (χ4v) is 1.73. The minimum Gasteiger partial charge on any atom is -0.457 e. The number of hydrogen-bond donors (Lipinski definition) is 0. The van der Waals surface area contributed by atoms with Crippen LogP contribution in [0.3, 0.4) is 0 Å². The number of cyclic esters (lactones) is 1. The van der Waals surface area contributed by atoms with Gasteiger partial charge in [0.2, 0.25) is 0 Å². The average molecular weight is 211 g/mol. The normalized spacial score (nSPS) is 26.3. The highest BCUT2D eigenvalue weighted by molar-refractivity contribution is 6.30. The van der Waals surface area contributed by atoms with Crippen LogP contribution < -0.4 is 0 Å². The molecule has 0 N–H and O–H groups in total. The van der Waals surface area contributed by atoms with Crippen LogP contribution in [0.25, 0.3) is 0 Å². The van der Waals surface area contributed by atoms with Gasteiger partial charge in [-0.25, -0.2) is 0 Å². The van der Waals surface area contributed by atoms with E-state index in [2.05, 4.69) is 0 Å². The molecular weight excluding hydrogens is 200 g/mol. The van der Waals surface area contributed by atoms with Crippen LogP contribution in [-0.4, -0.2) is 5.97 Å². The maximum atomic E-state index is 11.2. The molecule has 0 amide bonds. The highest BCUT2D eigenvalue weighted by Gasteiger charge is 2.31. The predicted molar refractivity (Wildman–Crippen MR) is 54.1 cm³/mol. The van der Waals surface area contributed by atoms with E-state index in [4.69, 9.17) is 16.3 Å². The van der Waals surface area contributed by atoms with Crippen LogP contribution in [0, 0.1) is 5.92 Å². The zero-order valence-corrected chi connectivity index (χ0v) is 8.62. The van der Waals surface area contributed by atoms with Gasteiger partial charge < -0.3 is 4.74 Å². The Balaban J connectivity index is 2.17. The molecule has 0 aliphatic carbocycles. The van der Waals surface area contributed by atoms with E-state index >= 15 is 0 Å². The molecule has 0 radical (unpaired) electrons. The van der Waals surface area contributed by atoms with Crippen molar-refractivity contribution in [3.05, 3.63) is 34.9 Å². The lowest BCUT2D eigenvalue weighted by atomic mass is 10.0. The van der Waals surface area contributed by atoms with Gasteiger partial charge in [0, 0.05) is 11.4 Å². The predicted octanol–water partition coefficient (Wildman–Crippen LogP) is 2.96. The molecule has 0 aromatic heterocycles. The Morgan fingerprint density at radius 2 is 2.00 bits per heavy atom. The van der Waals surface area contributed by atoms with Crippen LogP contribution in [0.15, 0.2) is 24.3 Å². The summed E-state index contributed by atoms with van der Waals surface area (Å²) in [4.78, 5) is 11.2. The summed E-state index contributed by atoms with van der Waals surface area (Å²) in [7, 11) is 0. The van der Waals surface area contributed by atoms with E-state index in [1.165, 1.54) is 0 Å². The van der Waals surface area contributed by atoms with Crippen LogP contribution >= 0.6 is 11.6 Å². The number of carbonyl (C=O) groups excluding carboxylic acids is 1. The zero-order valence-electron chi connectivity index (χ0n) is 7.87. The van der Waals surface area contributed by atoms with E-state index in [-0.39, 0.29) is 18.0 Å². The summed E-state index contributed by atoms with van der Waals surface area (Å²) in [5, 5.41) is 0.700.